The Bertz CT molecular complexity index is 2170. The number of hydrogen-bond donors (Lipinski definition) is 3. The van der Waals surface area contributed by atoms with Gasteiger partial charge in [-0.05, 0) is 61.1 Å². The van der Waals surface area contributed by atoms with Crippen molar-refractivity contribution in [2.75, 3.05) is 6.61 Å². The summed E-state index contributed by atoms with van der Waals surface area (Å²) in [5.74, 6) is -1.29. The van der Waals surface area contributed by atoms with Crippen molar-refractivity contribution in [3.8, 4) is 0 Å². The number of aryl methyl sites for hydroxylation is 3. The zero-order valence-electron chi connectivity index (χ0n) is 27.1. The number of rotatable bonds is 12. The van der Waals surface area contributed by atoms with Crippen LogP contribution in [0.4, 0.5) is 0 Å². The first kappa shape index (κ1) is 32.0. The van der Waals surface area contributed by atoms with Crippen molar-refractivity contribution >= 4 is 50.6 Å². The number of benzene rings is 3. The zero-order valence-corrected chi connectivity index (χ0v) is 27.1. The van der Waals surface area contributed by atoms with Crippen molar-refractivity contribution in [3.63, 3.8) is 0 Å². The molecular weight excluding hydrogens is 622 g/mol. The molecule has 0 radical (unpaired) electrons. The Balaban J connectivity index is 1.02. The first-order chi connectivity index (χ1) is 23.9. The summed E-state index contributed by atoms with van der Waals surface area (Å²) in [7, 11) is 0. The van der Waals surface area contributed by atoms with Gasteiger partial charge in [-0.25, -0.2) is 0 Å². The molecule has 4 heterocycles. The molecule has 7 rings (SSSR count). The number of fused-ring (bicyclic) bond motifs is 3. The lowest BCUT2D eigenvalue weighted by Gasteiger charge is -2.31. The molecule has 3 aromatic carbocycles. The van der Waals surface area contributed by atoms with Gasteiger partial charge in [-0.15, -0.1) is 0 Å². The molecule has 0 amide bonds. The van der Waals surface area contributed by atoms with Crippen molar-refractivity contribution in [1.29, 1.82) is 0 Å². The highest BCUT2D eigenvalue weighted by Crippen LogP contribution is 2.29. The number of ether oxygens (including phenoxy) is 4. The van der Waals surface area contributed by atoms with Crippen LogP contribution in [0, 0.1) is 0 Å². The van der Waals surface area contributed by atoms with E-state index >= 15 is 0 Å². The third-order valence-electron chi connectivity index (χ3n) is 8.99. The van der Waals surface area contributed by atoms with E-state index in [0.29, 0.717) is 24.8 Å². The molecule has 1 aliphatic heterocycles. The van der Waals surface area contributed by atoms with Crippen molar-refractivity contribution in [3.05, 3.63) is 119 Å². The van der Waals surface area contributed by atoms with E-state index in [1.165, 1.54) is 0 Å². The lowest BCUT2D eigenvalue weighted by molar-refractivity contribution is -0.188. The molecule has 10 heteroatoms. The summed E-state index contributed by atoms with van der Waals surface area (Å²) in [6.45, 7) is 1.52. The first-order valence-electron chi connectivity index (χ1n) is 16.5. The molecule has 3 N–H and O–H groups in total. The molecule has 2 atom stereocenters. The topological polar surface area (TPSA) is 136 Å². The lowest BCUT2D eigenvalue weighted by Crippen LogP contribution is -2.39. The molecule has 10 nitrogen and oxygen atoms in total. The molecule has 250 valence electrons. The van der Waals surface area contributed by atoms with E-state index in [2.05, 4.69) is 15.0 Å². The van der Waals surface area contributed by atoms with Gasteiger partial charge in [0.25, 0.3) is 0 Å². The third kappa shape index (κ3) is 7.14. The van der Waals surface area contributed by atoms with Gasteiger partial charge in [-0.3, -0.25) is 14.4 Å². The standard InChI is InChI=1S/C39H37N3O7/c1-24-38(48-36(44)18-15-26-21-41-32-12-6-3-9-29(26)32)34(47-35(43)17-14-25-20-40-31-11-5-2-8-28(25)31)23-46-39(24)49-37(45)19-16-27-22-42-33-13-7-4-10-30(27)33/h2-13,20-22,34,39-42H,14-19,23H2,1H3/t34-,39+/m0/s1. The van der Waals surface area contributed by atoms with Gasteiger partial charge in [0.05, 0.1) is 13.0 Å². The van der Waals surface area contributed by atoms with Crippen LogP contribution in [0.15, 0.2) is 103 Å². The Hall–Kier alpha value is -5.61. The Kier molecular flexibility index (Phi) is 9.29. The zero-order chi connectivity index (χ0) is 33.7. The minimum atomic E-state index is -1.09. The maximum atomic E-state index is 13.2. The lowest BCUT2D eigenvalue weighted by atomic mass is 10.1. The summed E-state index contributed by atoms with van der Waals surface area (Å²) in [6.07, 6.45) is 5.34. The minimum Gasteiger partial charge on any atom is -0.452 e. The molecule has 3 aromatic heterocycles. The molecule has 0 saturated heterocycles. The molecular formula is C39H37N3O7. The number of H-pyrrole nitrogens is 3. The smallest absolute Gasteiger partial charge is 0.311 e. The van der Waals surface area contributed by atoms with Gasteiger partial charge >= 0.3 is 17.9 Å². The highest BCUT2D eigenvalue weighted by molar-refractivity contribution is 5.85. The van der Waals surface area contributed by atoms with E-state index in [1.54, 1.807) is 6.92 Å². The predicted octanol–water partition coefficient (Wildman–Crippen LogP) is 6.96. The summed E-state index contributed by atoms with van der Waals surface area (Å²) in [4.78, 5) is 49.0. The van der Waals surface area contributed by atoms with E-state index in [4.69, 9.17) is 18.9 Å². The number of aromatic nitrogens is 3. The molecule has 0 spiro atoms. The number of para-hydroxylation sites is 3. The largest absolute Gasteiger partial charge is 0.452 e. The van der Waals surface area contributed by atoms with Gasteiger partial charge < -0.3 is 33.9 Å². The highest BCUT2D eigenvalue weighted by atomic mass is 16.7. The summed E-state index contributed by atoms with van der Waals surface area (Å²) in [5.41, 5.74) is 6.35. The summed E-state index contributed by atoms with van der Waals surface area (Å²) >= 11 is 0. The molecule has 0 aliphatic carbocycles. The van der Waals surface area contributed by atoms with Gasteiger partial charge in [0.1, 0.15) is 0 Å². The van der Waals surface area contributed by atoms with Crippen molar-refractivity contribution in [1.82, 2.24) is 15.0 Å². The van der Waals surface area contributed by atoms with Crippen LogP contribution < -0.4 is 0 Å². The van der Waals surface area contributed by atoms with E-state index in [1.807, 2.05) is 91.4 Å². The number of carbonyl (C=O) groups excluding carboxylic acids is 3. The second-order valence-corrected chi connectivity index (χ2v) is 12.2. The molecule has 0 saturated carbocycles. The Labute approximate surface area is 282 Å². The number of carbonyl (C=O) groups is 3. The van der Waals surface area contributed by atoms with Crippen LogP contribution in [0.3, 0.4) is 0 Å². The Morgan fingerprint density at radius 3 is 1.55 bits per heavy atom. The monoisotopic (exact) mass is 659 g/mol. The fourth-order valence-electron chi connectivity index (χ4n) is 6.40. The van der Waals surface area contributed by atoms with Gasteiger partial charge in [0.15, 0.2) is 11.9 Å². The Morgan fingerprint density at radius 2 is 1.06 bits per heavy atom. The molecule has 6 aromatic rings. The number of esters is 3. The second kappa shape index (κ2) is 14.2. The summed E-state index contributed by atoms with van der Waals surface area (Å²) in [5, 5.41) is 3.14. The van der Waals surface area contributed by atoms with Crippen molar-refractivity contribution < 1.29 is 33.3 Å². The SMILES string of the molecule is CC1=C(OC(=O)CCc2c[nH]c3ccccc23)[C@@H](OC(=O)CCc2c[nH]c3ccccc23)CO[C@@H]1OC(=O)CCc1c[nH]c2ccccc12. The van der Waals surface area contributed by atoms with Gasteiger partial charge in [0, 0.05) is 69.7 Å². The summed E-state index contributed by atoms with van der Waals surface area (Å²) in [6, 6.07) is 23.7. The van der Waals surface area contributed by atoms with Gasteiger partial charge in [-0.1, -0.05) is 54.6 Å². The van der Waals surface area contributed by atoms with Crippen LogP contribution in [0.1, 0.15) is 42.9 Å². The van der Waals surface area contributed by atoms with E-state index in [0.717, 1.165) is 49.4 Å². The van der Waals surface area contributed by atoms with Crippen LogP contribution in [-0.2, 0) is 52.6 Å². The van der Waals surface area contributed by atoms with Crippen molar-refractivity contribution in [2.45, 2.75) is 57.8 Å². The minimum absolute atomic E-state index is 0.0930. The van der Waals surface area contributed by atoms with Crippen LogP contribution >= 0.6 is 0 Å². The average molecular weight is 660 g/mol. The molecule has 0 fully saturated rings. The normalized spacial score (nSPS) is 16.3. The van der Waals surface area contributed by atoms with Gasteiger partial charge in [-0.2, -0.15) is 0 Å². The van der Waals surface area contributed by atoms with Crippen LogP contribution in [-0.4, -0.2) is 51.9 Å². The maximum Gasteiger partial charge on any atom is 0.311 e. The predicted molar refractivity (Wildman–Crippen MR) is 184 cm³/mol. The van der Waals surface area contributed by atoms with E-state index in [9.17, 15) is 14.4 Å². The molecule has 49 heavy (non-hydrogen) atoms. The van der Waals surface area contributed by atoms with E-state index in [-0.39, 0.29) is 31.6 Å². The fourth-order valence-corrected chi connectivity index (χ4v) is 6.40. The number of nitrogens with one attached hydrogen (secondary N) is 3. The van der Waals surface area contributed by atoms with Crippen LogP contribution in [0.5, 0.6) is 0 Å². The third-order valence-corrected chi connectivity index (χ3v) is 8.99. The fraction of sp³-hybridized carbons (Fsp3) is 0.256. The molecule has 1 aliphatic rings. The van der Waals surface area contributed by atoms with E-state index < -0.39 is 30.3 Å². The number of aromatic amines is 3. The second-order valence-electron chi connectivity index (χ2n) is 12.2. The quantitative estimate of drug-likeness (QED) is 0.0955. The first-order valence-corrected chi connectivity index (χ1v) is 16.5. The number of hydrogen-bond acceptors (Lipinski definition) is 7. The molecule has 0 bridgehead atoms. The van der Waals surface area contributed by atoms with Gasteiger partial charge in [0.2, 0.25) is 6.29 Å². The molecule has 0 unspecified atom stereocenters. The maximum absolute atomic E-state index is 13.2. The van der Waals surface area contributed by atoms with Crippen LogP contribution in [0.25, 0.3) is 32.7 Å². The highest BCUT2D eigenvalue weighted by Gasteiger charge is 2.36. The van der Waals surface area contributed by atoms with Crippen molar-refractivity contribution in [2.24, 2.45) is 0 Å². The average Bonchev–Trinajstić information content (AvgIpc) is 3.85. The summed E-state index contributed by atoms with van der Waals surface area (Å²) < 4.78 is 23.3. The Morgan fingerprint density at radius 1 is 0.633 bits per heavy atom. The van der Waals surface area contributed by atoms with Crippen LogP contribution in [0.2, 0.25) is 0 Å².